The number of fused-ring (bicyclic) bond motifs is 1. The minimum Gasteiger partial charge on any atom is -0.377 e. The van der Waals surface area contributed by atoms with E-state index in [0.717, 1.165) is 16.5 Å². The van der Waals surface area contributed by atoms with E-state index < -0.39 is 10.0 Å². The molecule has 0 fully saturated rings. The van der Waals surface area contributed by atoms with E-state index in [0.29, 0.717) is 24.0 Å². The summed E-state index contributed by atoms with van der Waals surface area (Å²) in [6, 6.07) is 11.4. The van der Waals surface area contributed by atoms with Crippen molar-refractivity contribution in [3.8, 4) is 0 Å². The molecular weight excluding hydrogens is 310 g/mol. The molecule has 23 heavy (non-hydrogen) atoms. The van der Waals surface area contributed by atoms with Crippen LogP contribution in [0.3, 0.4) is 0 Å². The highest BCUT2D eigenvalue weighted by Crippen LogP contribution is 2.29. The monoisotopic (exact) mass is 335 g/mol. The highest BCUT2D eigenvalue weighted by Gasteiger charge is 2.17. The molecule has 0 heterocycles. The third kappa shape index (κ3) is 4.22. The van der Waals surface area contributed by atoms with Crippen LogP contribution in [0.1, 0.15) is 13.8 Å². The lowest BCUT2D eigenvalue weighted by atomic mass is 10.1. The molecule has 6 heteroatoms. The highest BCUT2D eigenvalue weighted by molar-refractivity contribution is 7.89. The number of sulfonamides is 1. The van der Waals surface area contributed by atoms with Crippen LogP contribution in [0.2, 0.25) is 0 Å². The van der Waals surface area contributed by atoms with Gasteiger partial charge in [0, 0.05) is 49.7 Å². The van der Waals surface area contributed by atoms with Crippen LogP contribution >= 0.6 is 0 Å². The van der Waals surface area contributed by atoms with Gasteiger partial charge >= 0.3 is 0 Å². The molecule has 0 spiro atoms. The van der Waals surface area contributed by atoms with Gasteiger partial charge in [-0.3, -0.25) is 0 Å². The fraction of sp³-hybridized carbons (Fsp3) is 0.412. The Morgan fingerprint density at radius 2 is 1.65 bits per heavy atom. The van der Waals surface area contributed by atoms with Gasteiger partial charge in [-0.05, 0) is 12.1 Å². The molecule has 0 saturated carbocycles. The predicted molar refractivity (Wildman–Crippen MR) is 96.6 cm³/mol. The molecule has 0 aliphatic heterocycles. The van der Waals surface area contributed by atoms with E-state index in [1.54, 1.807) is 12.1 Å². The molecule has 0 bridgehead atoms. The van der Waals surface area contributed by atoms with Gasteiger partial charge < -0.3 is 10.2 Å². The first kappa shape index (κ1) is 17.7. The summed E-state index contributed by atoms with van der Waals surface area (Å²) < 4.78 is 27.9. The van der Waals surface area contributed by atoms with E-state index in [2.05, 4.69) is 10.0 Å². The molecule has 126 valence electrons. The van der Waals surface area contributed by atoms with Gasteiger partial charge in [0.15, 0.2) is 0 Å². The van der Waals surface area contributed by atoms with Crippen molar-refractivity contribution in [2.45, 2.75) is 24.8 Å². The molecule has 0 aliphatic carbocycles. The summed E-state index contributed by atoms with van der Waals surface area (Å²) in [7, 11) is 0.365. The van der Waals surface area contributed by atoms with E-state index in [4.69, 9.17) is 0 Å². The summed E-state index contributed by atoms with van der Waals surface area (Å²) in [5.74, 6) is 0. The van der Waals surface area contributed by atoms with Gasteiger partial charge in [0.2, 0.25) is 10.0 Å². The molecule has 2 rings (SSSR count). The van der Waals surface area contributed by atoms with Crippen LogP contribution in [-0.4, -0.2) is 41.6 Å². The predicted octanol–water partition coefficient (Wildman–Crippen LogP) is 2.18. The number of benzene rings is 2. The smallest absolute Gasteiger partial charge is 0.241 e. The second kappa shape index (κ2) is 7.29. The zero-order valence-corrected chi connectivity index (χ0v) is 14.9. The lowest BCUT2D eigenvalue weighted by Crippen LogP contribution is -2.34. The van der Waals surface area contributed by atoms with Gasteiger partial charge in [-0.25, -0.2) is 13.1 Å². The van der Waals surface area contributed by atoms with Crippen molar-refractivity contribution >= 4 is 26.5 Å². The van der Waals surface area contributed by atoms with Crippen LogP contribution in [0.5, 0.6) is 0 Å². The van der Waals surface area contributed by atoms with E-state index in [1.807, 2.05) is 57.1 Å². The number of nitrogens with one attached hydrogen (secondary N) is 2. The lowest BCUT2D eigenvalue weighted by Gasteiger charge is -2.17. The Balaban J connectivity index is 2.34. The summed E-state index contributed by atoms with van der Waals surface area (Å²) in [4.78, 5) is 2.31. The minimum atomic E-state index is -3.54. The normalized spacial score (nSPS) is 12.0. The van der Waals surface area contributed by atoms with Crippen LogP contribution in [-0.2, 0) is 10.0 Å². The summed E-state index contributed by atoms with van der Waals surface area (Å²) in [5, 5.41) is 4.87. The summed E-state index contributed by atoms with van der Waals surface area (Å²) in [6.45, 7) is 5.03. The molecule has 0 saturated heterocycles. The first-order chi connectivity index (χ1) is 10.8. The molecule has 5 nitrogen and oxygen atoms in total. The second-order valence-corrected chi connectivity index (χ2v) is 7.76. The minimum absolute atomic E-state index is 0.322. The Kier molecular flexibility index (Phi) is 5.62. The third-order valence-electron chi connectivity index (χ3n) is 3.60. The molecule has 0 aromatic heterocycles. The topological polar surface area (TPSA) is 61.4 Å². The van der Waals surface area contributed by atoms with Crippen LogP contribution in [0.4, 0.5) is 5.69 Å². The summed E-state index contributed by atoms with van der Waals surface area (Å²) >= 11 is 0. The molecule has 0 unspecified atom stereocenters. The largest absolute Gasteiger partial charge is 0.377 e. The zero-order chi connectivity index (χ0) is 17.0. The fourth-order valence-corrected chi connectivity index (χ4v) is 3.76. The summed E-state index contributed by atoms with van der Waals surface area (Å²) in [6.07, 6.45) is 0. The Bertz CT molecular complexity index is 771. The molecule has 0 amide bonds. The molecule has 2 aromatic carbocycles. The van der Waals surface area contributed by atoms with Crippen molar-refractivity contribution < 1.29 is 8.42 Å². The van der Waals surface area contributed by atoms with Crippen molar-refractivity contribution in [2.24, 2.45) is 0 Å². The number of rotatable bonds is 7. The van der Waals surface area contributed by atoms with Gasteiger partial charge in [0.1, 0.15) is 0 Å². The average Bonchev–Trinajstić information content (AvgIpc) is 2.50. The fourth-order valence-electron chi connectivity index (χ4n) is 2.51. The maximum atomic E-state index is 12.6. The molecular formula is C17H25N3O2S. The maximum absolute atomic E-state index is 12.6. The van der Waals surface area contributed by atoms with Gasteiger partial charge in [0.05, 0.1) is 4.90 Å². The van der Waals surface area contributed by atoms with Crippen molar-refractivity contribution in [3.05, 3.63) is 36.4 Å². The van der Waals surface area contributed by atoms with Crippen LogP contribution in [0.25, 0.3) is 10.8 Å². The van der Waals surface area contributed by atoms with Gasteiger partial charge in [-0.1, -0.05) is 38.1 Å². The molecule has 0 aliphatic rings. The van der Waals surface area contributed by atoms with Gasteiger partial charge in [0.25, 0.3) is 0 Å². The first-order valence-electron chi connectivity index (χ1n) is 7.75. The average molecular weight is 335 g/mol. The third-order valence-corrected chi connectivity index (χ3v) is 5.12. The Labute approximate surface area is 138 Å². The zero-order valence-electron chi connectivity index (χ0n) is 14.1. The summed E-state index contributed by atoms with van der Waals surface area (Å²) in [5.41, 5.74) is 1.00. The quantitative estimate of drug-likeness (QED) is 0.762. The van der Waals surface area contributed by atoms with E-state index in [-0.39, 0.29) is 0 Å². The van der Waals surface area contributed by atoms with Crippen molar-refractivity contribution in [1.82, 2.24) is 10.0 Å². The SMILES string of the molecule is CC(C)NCCNS(=O)(=O)c1cccc2c(N(C)C)cccc12. The van der Waals surface area contributed by atoms with E-state index >= 15 is 0 Å². The van der Waals surface area contributed by atoms with E-state index in [9.17, 15) is 8.42 Å². The van der Waals surface area contributed by atoms with Crippen molar-refractivity contribution in [3.63, 3.8) is 0 Å². The lowest BCUT2D eigenvalue weighted by molar-refractivity contribution is 0.560. The van der Waals surface area contributed by atoms with Crippen LogP contribution < -0.4 is 14.9 Å². The number of nitrogens with zero attached hydrogens (tertiary/aromatic N) is 1. The van der Waals surface area contributed by atoms with Crippen LogP contribution in [0, 0.1) is 0 Å². The standard InChI is InChI=1S/C17H25N3O2S/c1-13(2)18-11-12-19-23(21,22)17-10-6-7-14-15(17)8-5-9-16(14)20(3)4/h5-10,13,18-19H,11-12H2,1-4H3. The number of anilines is 1. The number of hydrogen-bond acceptors (Lipinski definition) is 4. The first-order valence-corrected chi connectivity index (χ1v) is 9.23. The van der Waals surface area contributed by atoms with Crippen molar-refractivity contribution in [2.75, 3.05) is 32.1 Å². The second-order valence-electron chi connectivity index (χ2n) is 6.03. The van der Waals surface area contributed by atoms with Crippen LogP contribution in [0.15, 0.2) is 41.3 Å². The molecule has 0 atom stereocenters. The van der Waals surface area contributed by atoms with Gasteiger partial charge in [-0.15, -0.1) is 0 Å². The Morgan fingerprint density at radius 3 is 2.30 bits per heavy atom. The maximum Gasteiger partial charge on any atom is 0.241 e. The Hall–Kier alpha value is -1.63. The Morgan fingerprint density at radius 1 is 1.00 bits per heavy atom. The molecule has 2 N–H and O–H groups in total. The molecule has 2 aromatic rings. The van der Waals surface area contributed by atoms with Gasteiger partial charge in [-0.2, -0.15) is 0 Å². The highest BCUT2D eigenvalue weighted by atomic mass is 32.2. The molecule has 0 radical (unpaired) electrons. The van der Waals surface area contributed by atoms with Crippen molar-refractivity contribution in [1.29, 1.82) is 0 Å². The number of hydrogen-bond donors (Lipinski definition) is 2. The van der Waals surface area contributed by atoms with E-state index in [1.165, 1.54) is 0 Å².